The van der Waals surface area contributed by atoms with E-state index in [1.807, 2.05) is 12.1 Å². The van der Waals surface area contributed by atoms with Crippen molar-refractivity contribution in [2.24, 2.45) is 10.9 Å². The highest BCUT2D eigenvalue weighted by Crippen LogP contribution is 2.29. The molecule has 2 aromatic rings. The molecular formula is C20H31IN4O2S. The summed E-state index contributed by atoms with van der Waals surface area (Å²) in [4.78, 5) is 7.68. The number of benzene rings is 1. The number of aliphatic hydroxyl groups excluding tert-OH is 1. The Kier molecular flexibility index (Phi) is 9.93. The topological polar surface area (TPSA) is 69.1 Å². The van der Waals surface area contributed by atoms with Crippen LogP contribution in [0.3, 0.4) is 0 Å². The molecular weight excluding hydrogens is 487 g/mol. The Balaban J connectivity index is 0.00000280. The highest BCUT2D eigenvalue weighted by atomic mass is 127. The Labute approximate surface area is 188 Å². The van der Waals surface area contributed by atoms with E-state index in [0.717, 1.165) is 50.2 Å². The summed E-state index contributed by atoms with van der Waals surface area (Å²) in [6, 6.07) is 10.3. The average Bonchev–Trinajstić information content (AvgIpc) is 3.13. The molecule has 1 fully saturated rings. The Morgan fingerprint density at radius 2 is 1.96 bits per heavy atom. The molecule has 0 amide bonds. The molecule has 2 atom stereocenters. The molecule has 6 nitrogen and oxygen atoms in total. The number of nitrogens with zero attached hydrogens (tertiary/aromatic N) is 2. The number of nitrogens with one attached hydrogen (secondary N) is 2. The van der Waals surface area contributed by atoms with Gasteiger partial charge in [0, 0.05) is 49.3 Å². The van der Waals surface area contributed by atoms with Gasteiger partial charge in [0.2, 0.25) is 0 Å². The average molecular weight is 518 g/mol. The molecule has 3 N–H and O–H groups in total. The van der Waals surface area contributed by atoms with Crippen molar-refractivity contribution in [1.29, 1.82) is 0 Å². The van der Waals surface area contributed by atoms with Crippen molar-refractivity contribution in [2.45, 2.75) is 13.0 Å². The van der Waals surface area contributed by atoms with Crippen LogP contribution in [0.1, 0.15) is 17.9 Å². The molecule has 1 saturated heterocycles. The molecule has 0 radical (unpaired) electrons. The number of hydrogen-bond acceptors (Lipinski definition) is 5. The normalized spacial score (nSPS) is 17.8. The number of thiophene rings is 1. The van der Waals surface area contributed by atoms with Crippen LogP contribution in [-0.2, 0) is 4.74 Å². The molecule has 28 heavy (non-hydrogen) atoms. The molecule has 2 heterocycles. The summed E-state index contributed by atoms with van der Waals surface area (Å²) in [5, 5.41) is 18.3. The van der Waals surface area contributed by atoms with Gasteiger partial charge in [0.05, 0.1) is 13.2 Å². The maximum absolute atomic E-state index is 10.5. The molecule has 0 aliphatic carbocycles. The molecule has 1 aromatic heterocycles. The van der Waals surface area contributed by atoms with Crippen LogP contribution in [0.4, 0.5) is 0 Å². The third kappa shape index (κ3) is 6.84. The van der Waals surface area contributed by atoms with Crippen molar-refractivity contribution in [3.05, 3.63) is 35.2 Å². The molecule has 1 aliphatic rings. The van der Waals surface area contributed by atoms with E-state index in [-0.39, 0.29) is 24.0 Å². The van der Waals surface area contributed by atoms with Crippen LogP contribution < -0.4 is 10.6 Å². The fraction of sp³-hybridized carbons (Fsp3) is 0.550. The molecule has 3 rings (SSSR count). The van der Waals surface area contributed by atoms with Gasteiger partial charge in [-0.3, -0.25) is 9.89 Å². The molecule has 0 spiro atoms. The van der Waals surface area contributed by atoms with E-state index in [0.29, 0.717) is 12.5 Å². The maximum atomic E-state index is 10.5. The van der Waals surface area contributed by atoms with Crippen molar-refractivity contribution in [3.63, 3.8) is 0 Å². The molecule has 0 saturated carbocycles. The second-order valence-corrected chi connectivity index (χ2v) is 8.17. The smallest absolute Gasteiger partial charge is 0.191 e. The van der Waals surface area contributed by atoms with Gasteiger partial charge in [0.1, 0.15) is 6.10 Å². The number of ether oxygens (including phenoxy) is 1. The van der Waals surface area contributed by atoms with Gasteiger partial charge in [0.25, 0.3) is 0 Å². The first-order valence-electron chi connectivity index (χ1n) is 9.57. The van der Waals surface area contributed by atoms with Crippen LogP contribution in [0.15, 0.2) is 35.3 Å². The minimum Gasteiger partial charge on any atom is -0.386 e. The van der Waals surface area contributed by atoms with Crippen molar-refractivity contribution in [1.82, 2.24) is 15.5 Å². The van der Waals surface area contributed by atoms with Crippen molar-refractivity contribution in [3.8, 4) is 0 Å². The molecule has 0 bridgehead atoms. The number of guanidine groups is 1. The van der Waals surface area contributed by atoms with Gasteiger partial charge in [-0.2, -0.15) is 0 Å². The third-order valence-electron chi connectivity index (χ3n) is 4.75. The SMILES string of the molecule is CN=C(NCC(C)CN1CCOCC1)NCC(O)c1cc2ccccc2s1.I. The van der Waals surface area contributed by atoms with Gasteiger partial charge < -0.3 is 20.5 Å². The van der Waals surface area contributed by atoms with Gasteiger partial charge in [-0.05, 0) is 23.4 Å². The zero-order valence-electron chi connectivity index (χ0n) is 16.6. The summed E-state index contributed by atoms with van der Waals surface area (Å²) >= 11 is 1.64. The summed E-state index contributed by atoms with van der Waals surface area (Å²) in [6.07, 6.45) is -0.549. The first-order valence-corrected chi connectivity index (χ1v) is 10.4. The summed E-state index contributed by atoms with van der Waals surface area (Å²) in [5.74, 6) is 1.23. The molecule has 2 unspecified atom stereocenters. The largest absolute Gasteiger partial charge is 0.386 e. The standard InChI is InChI=1S/C20H30N4O2S.HI/c1-15(14-24-7-9-26-10-8-24)12-22-20(21-2)23-13-17(25)19-11-16-5-3-4-6-18(16)27-19;/h3-6,11,15,17,25H,7-10,12-14H2,1-2H3,(H2,21,22,23);1H. The highest BCUT2D eigenvalue weighted by molar-refractivity contribution is 14.0. The molecule has 156 valence electrons. The van der Waals surface area contributed by atoms with Gasteiger partial charge in [-0.25, -0.2) is 0 Å². The fourth-order valence-electron chi connectivity index (χ4n) is 3.24. The van der Waals surface area contributed by atoms with E-state index in [1.165, 1.54) is 10.1 Å². The summed E-state index contributed by atoms with van der Waals surface area (Å²) in [7, 11) is 1.76. The zero-order chi connectivity index (χ0) is 19.1. The van der Waals surface area contributed by atoms with E-state index in [1.54, 1.807) is 18.4 Å². The second-order valence-electron chi connectivity index (χ2n) is 7.05. The van der Waals surface area contributed by atoms with Crippen LogP contribution in [0.5, 0.6) is 0 Å². The van der Waals surface area contributed by atoms with Crippen LogP contribution in [0.25, 0.3) is 10.1 Å². The minimum atomic E-state index is -0.549. The van der Waals surface area contributed by atoms with E-state index in [4.69, 9.17) is 4.74 Å². The Bertz CT molecular complexity index is 716. The summed E-state index contributed by atoms with van der Waals surface area (Å²) in [5.41, 5.74) is 0. The summed E-state index contributed by atoms with van der Waals surface area (Å²) in [6.45, 7) is 8.26. The monoisotopic (exact) mass is 518 g/mol. The first kappa shape index (κ1) is 23.3. The lowest BCUT2D eigenvalue weighted by molar-refractivity contribution is 0.0320. The number of morpholine rings is 1. The zero-order valence-corrected chi connectivity index (χ0v) is 19.7. The van der Waals surface area contributed by atoms with Gasteiger partial charge >= 0.3 is 0 Å². The number of hydrogen-bond donors (Lipinski definition) is 3. The maximum Gasteiger partial charge on any atom is 0.191 e. The summed E-state index contributed by atoms with van der Waals surface area (Å²) < 4.78 is 6.60. The van der Waals surface area contributed by atoms with E-state index in [9.17, 15) is 5.11 Å². The first-order chi connectivity index (χ1) is 13.2. The minimum absolute atomic E-state index is 0. The lowest BCUT2D eigenvalue weighted by Crippen LogP contribution is -2.44. The van der Waals surface area contributed by atoms with Crippen LogP contribution in [0.2, 0.25) is 0 Å². The number of aliphatic hydroxyl groups is 1. The lowest BCUT2D eigenvalue weighted by atomic mass is 10.1. The van der Waals surface area contributed by atoms with Gasteiger partial charge in [-0.1, -0.05) is 25.1 Å². The predicted octanol–water partition coefficient (Wildman–Crippen LogP) is 2.69. The Morgan fingerprint density at radius 3 is 2.68 bits per heavy atom. The van der Waals surface area contributed by atoms with Crippen molar-refractivity contribution >= 4 is 51.4 Å². The number of fused-ring (bicyclic) bond motifs is 1. The van der Waals surface area contributed by atoms with Gasteiger partial charge in [0.15, 0.2) is 5.96 Å². The van der Waals surface area contributed by atoms with Crippen LogP contribution in [-0.4, -0.2) is 69.0 Å². The second kappa shape index (κ2) is 11.9. The number of rotatable bonds is 7. The van der Waals surface area contributed by atoms with Crippen molar-refractivity contribution in [2.75, 3.05) is 53.0 Å². The van der Waals surface area contributed by atoms with Gasteiger partial charge in [-0.15, -0.1) is 35.3 Å². The number of aliphatic imine (C=N–C) groups is 1. The predicted molar refractivity (Wildman–Crippen MR) is 128 cm³/mol. The Hall–Kier alpha value is -0.940. The lowest BCUT2D eigenvalue weighted by Gasteiger charge is -2.29. The Morgan fingerprint density at radius 1 is 1.25 bits per heavy atom. The van der Waals surface area contributed by atoms with E-state index >= 15 is 0 Å². The third-order valence-corrected chi connectivity index (χ3v) is 5.97. The van der Waals surface area contributed by atoms with Crippen LogP contribution >= 0.6 is 35.3 Å². The number of halogens is 1. The fourth-order valence-corrected chi connectivity index (χ4v) is 4.29. The van der Waals surface area contributed by atoms with E-state index in [2.05, 4.69) is 45.6 Å². The van der Waals surface area contributed by atoms with Crippen molar-refractivity contribution < 1.29 is 9.84 Å². The molecule has 8 heteroatoms. The van der Waals surface area contributed by atoms with E-state index < -0.39 is 6.10 Å². The van der Waals surface area contributed by atoms with Crippen LogP contribution in [0, 0.1) is 5.92 Å². The highest BCUT2D eigenvalue weighted by Gasteiger charge is 2.15. The quantitative estimate of drug-likeness (QED) is 0.299. The molecule has 1 aromatic carbocycles. The molecule has 1 aliphatic heterocycles.